The highest BCUT2D eigenvalue weighted by molar-refractivity contribution is 7.12. The number of amides is 2. The van der Waals surface area contributed by atoms with Crippen molar-refractivity contribution in [1.82, 2.24) is 10.2 Å². The number of rotatable bonds is 8. The molecule has 3 rings (SSSR count). The molecule has 0 radical (unpaired) electrons. The predicted octanol–water partition coefficient (Wildman–Crippen LogP) is 4.80. The fraction of sp³-hybridized carbons (Fsp3) is 0.500. The lowest BCUT2D eigenvalue weighted by molar-refractivity contribution is -0.384. The summed E-state index contributed by atoms with van der Waals surface area (Å²) in [6.07, 6.45) is -6.13. The molecule has 1 aromatic carbocycles. The average Bonchev–Trinajstić information content (AvgIpc) is 3.19. The Kier molecular flexibility index (Phi) is 9.44. The zero-order valence-corrected chi connectivity index (χ0v) is 23.2. The molecule has 0 fully saturated rings. The Hall–Kier alpha value is -3.68. The topological polar surface area (TPSA) is 128 Å². The molecule has 0 aliphatic carbocycles. The van der Waals surface area contributed by atoms with Crippen LogP contribution in [0.15, 0.2) is 24.3 Å². The molecule has 0 bridgehead atoms. The number of nitro benzene ring substituents is 1. The van der Waals surface area contributed by atoms with Gasteiger partial charge in [-0.15, -0.1) is 11.3 Å². The lowest BCUT2D eigenvalue weighted by Crippen LogP contribution is -2.51. The van der Waals surface area contributed by atoms with Gasteiger partial charge in [0, 0.05) is 41.4 Å². The first-order chi connectivity index (χ1) is 18.6. The van der Waals surface area contributed by atoms with Gasteiger partial charge in [-0.1, -0.05) is 12.1 Å². The number of thiophene rings is 1. The van der Waals surface area contributed by atoms with E-state index < -0.39 is 52.7 Å². The monoisotopic (exact) mass is 585 g/mol. The number of ether oxygens (including phenoxy) is 2. The normalized spacial score (nSPS) is 14.2. The van der Waals surface area contributed by atoms with Gasteiger partial charge in [0.15, 0.2) is 0 Å². The van der Waals surface area contributed by atoms with Crippen LogP contribution >= 0.6 is 11.3 Å². The molecule has 0 unspecified atom stereocenters. The van der Waals surface area contributed by atoms with Crippen molar-refractivity contribution in [2.75, 3.05) is 13.2 Å². The molecule has 0 saturated carbocycles. The molecule has 10 nitrogen and oxygen atoms in total. The van der Waals surface area contributed by atoms with Gasteiger partial charge < -0.3 is 19.7 Å². The zero-order chi connectivity index (χ0) is 29.8. The number of esters is 1. The van der Waals surface area contributed by atoms with Crippen LogP contribution in [0.1, 0.15) is 54.1 Å². The number of fused-ring (bicyclic) bond motifs is 1. The molecule has 1 aliphatic heterocycles. The highest BCUT2D eigenvalue weighted by atomic mass is 32.1. The Morgan fingerprint density at radius 1 is 1.18 bits per heavy atom. The fourth-order valence-electron chi connectivity index (χ4n) is 4.29. The highest BCUT2D eigenvalue weighted by Gasteiger charge is 2.42. The van der Waals surface area contributed by atoms with Crippen LogP contribution in [0.5, 0.6) is 0 Å². The first-order valence-corrected chi connectivity index (χ1v) is 13.3. The number of benzene rings is 1. The maximum absolute atomic E-state index is 14.1. The number of hydrogen-bond acceptors (Lipinski definition) is 8. The van der Waals surface area contributed by atoms with Crippen molar-refractivity contribution < 1.29 is 42.0 Å². The number of alkyl carbamates (subject to hydrolysis) is 1. The molecule has 218 valence electrons. The van der Waals surface area contributed by atoms with Crippen LogP contribution in [0.3, 0.4) is 0 Å². The largest absolute Gasteiger partial charge is 0.466 e. The molecule has 0 spiro atoms. The summed E-state index contributed by atoms with van der Waals surface area (Å²) >= 11 is 0.885. The lowest BCUT2D eigenvalue weighted by Gasteiger charge is -2.32. The van der Waals surface area contributed by atoms with Crippen molar-refractivity contribution in [2.45, 2.75) is 71.3 Å². The minimum absolute atomic E-state index is 0.0361. The number of nitro groups is 1. The summed E-state index contributed by atoms with van der Waals surface area (Å²) in [6.45, 7) is 6.22. The van der Waals surface area contributed by atoms with Gasteiger partial charge in [0.2, 0.25) is 5.91 Å². The number of hydrogen-bond donors (Lipinski definition) is 1. The molecular weight excluding hydrogens is 555 g/mol. The van der Waals surface area contributed by atoms with Crippen molar-refractivity contribution >= 4 is 35.0 Å². The summed E-state index contributed by atoms with van der Waals surface area (Å²) in [4.78, 5) is 50.0. The first kappa shape index (κ1) is 30.9. The van der Waals surface area contributed by atoms with E-state index in [1.165, 1.54) is 29.2 Å². The number of alkyl halides is 3. The third-order valence-electron chi connectivity index (χ3n) is 5.90. The van der Waals surface area contributed by atoms with Crippen LogP contribution in [0, 0.1) is 10.1 Å². The highest BCUT2D eigenvalue weighted by Crippen LogP contribution is 2.43. The standard InChI is InChI=1S/C26H30F3N3O7S/c1-5-38-21(33)13-20-22(26(27,28)29)17-14-31(11-10-19(17)40-20)23(34)18(30-24(35)39-25(2,3)4)12-15-6-8-16(9-7-15)32(36)37/h6-9,18H,5,10-14H2,1-4H3,(H,30,35)/t18-/m0/s1. The minimum Gasteiger partial charge on any atom is -0.466 e. The zero-order valence-electron chi connectivity index (χ0n) is 22.4. The number of halogens is 3. The van der Waals surface area contributed by atoms with Gasteiger partial charge in [-0.3, -0.25) is 19.7 Å². The summed E-state index contributed by atoms with van der Waals surface area (Å²) in [6, 6.07) is 4.16. The Morgan fingerprint density at radius 3 is 2.38 bits per heavy atom. The molecule has 1 aromatic heterocycles. The molecule has 14 heteroatoms. The second-order valence-electron chi connectivity index (χ2n) is 10.1. The van der Waals surface area contributed by atoms with Crippen LogP contribution in [0.2, 0.25) is 0 Å². The molecule has 2 amide bonds. The third-order valence-corrected chi connectivity index (χ3v) is 7.19. The van der Waals surface area contributed by atoms with E-state index in [0.29, 0.717) is 10.4 Å². The molecule has 40 heavy (non-hydrogen) atoms. The van der Waals surface area contributed by atoms with Crippen molar-refractivity contribution in [1.29, 1.82) is 0 Å². The van der Waals surface area contributed by atoms with E-state index in [0.717, 1.165) is 11.3 Å². The maximum Gasteiger partial charge on any atom is 0.417 e. The molecular formula is C26H30F3N3O7S. The molecule has 0 saturated heterocycles. The number of carbonyl (C=O) groups is 3. The van der Waals surface area contributed by atoms with E-state index in [-0.39, 0.29) is 48.7 Å². The van der Waals surface area contributed by atoms with E-state index in [1.54, 1.807) is 27.7 Å². The van der Waals surface area contributed by atoms with Crippen molar-refractivity contribution in [3.05, 3.63) is 60.8 Å². The summed E-state index contributed by atoms with van der Waals surface area (Å²) in [5, 5.41) is 13.5. The Morgan fingerprint density at radius 2 is 1.82 bits per heavy atom. The van der Waals surface area contributed by atoms with Crippen LogP contribution < -0.4 is 5.32 Å². The second-order valence-corrected chi connectivity index (χ2v) is 11.3. The average molecular weight is 586 g/mol. The fourth-order valence-corrected chi connectivity index (χ4v) is 5.60. The van der Waals surface area contributed by atoms with E-state index in [4.69, 9.17) is 9.47 Å². The van der Waals surface area contributed by atoms with Gasteiger partial charge in [0.25, 0.3) is 5.69 Å². The molecule has 1 aliphatic rings. The van der Waals surface area contributed by atoms with Crippen molar-refractivity contribution in [2.24, 2.45) is 0 Å². The van der Waals surface area contributed by atoms with Crippen LogP contribution in [-0.2, 0) is 51.0 Å². The van der Waals surface area contributed by atoms with Crippen molar-refractivity contribution in [3.8, 4) is 0 Å². The second kappa shape index (κ2) is 12.2. The Balaban J connectivity index is 1.89. The number of nitrogens with zero attached hydrogens (tertiary/aromatic N) is 2. The molecule has 1 N–H and O–H groups in total. The summed E-state index contributed by atoms with van der Waals surface area (Å²) < 4.78 is 52.5. The maximum atomic E-state index is 14.1. The number of carbonyl (C=O) groups excluding carboxylic acids is 3. The lowest BCUT2D eigenvalue weighted by atomic mass is 9.99. The van der Waals surface area contributed by atoms with E-state index in [9.17, 15) is 37.7 Å². The van der Waals surface area contributed by atoms with Gasteiger partial charge >= 0.3 is 18.2 Å². The summed E-state index contributed by atoms with van der Waals surface area (Å²) in [7, 11) is 0. The van der Waals surface area contributed by atoms with Gasteiger partial charge in [0.05, 0.1) is 23.5 Å². The Bertz CT molecular complexity index is 1270. The number of nitrogens with one attached hydrogen (secondary N) is 1. The van der Waals surface area contributed by atoms with Crippen molar-refractivity contribution in [3.63, 3.8) is 0 Å². The molecule has 2 heterocycles. The van der Waals surface area contributed by atoms with E-state index in [1.807, 2.05) is 0 Å². The van der Waals surface area contributed by atoms with Gasteiger partial charge in [-0.25, -0.2) is 4.79 Å². The first-order valence-electron chi connectivity index (χ1n) is 12.5. The summed E-state index contributed by atoms with van der Waals surface area (Å²) in [5.74, 6) is -1.41. The third kappa shape index (κ3) is 7.93. The predicted molar refractivity (Wildman–Crippen MR) is 139 cm³/mol. The van der Waals surface area contributed by atoms with Crippen LogP contribution in [0.4, 0.5) is 23.7 Å². The van der Waals surface area contributed by atoms with Crippen LogP contribution in [-0.4, -0.2) is 52.6 Å². The smallest absolute Gasteiger partial charge is 0.417 e. The molecule has 2 aromatic rings. The molecule has 1 atom stereocenters. The van der Waals surface area contributed by atoms with Gasteiger partial charge in [-0.2, -0.15) is 13.2 Å². The van der Waals surface area contributed by atoms with Crippen LogP contribution in [0.25, 0.3) is 0 Å². The van der Waals surface area contributed by atoms with E-state index >= 15 is 0 Å². The Labute approximate surface area is 232 Å². The SMILES string of the molecule is CCOC(=O)Cc1sc2c(c1C(F)(F)F)CN(C(=O)[C@H](Cc1ccc([N+](=O)[O-])cc1)NC(=O)OC(C)(C)C)CC2. The minimum atomic E-state index is -4.76. The quantitative estimate of drug-likeness (QED) is 0.268. The van der Waals surface area contributed by atoms with E-state index in [2.05, 4.69) is 5.32 Å². The summed E-state index contributed by atoms with van der Waals surface area (Å²) in [5.41, 5.74) is -1.57. The van der Waals surface area contributed by atoms with Gasteiger partial charge in [0.1, 0.15) is 11.6 Å². The number of non-ortho nitro benzene ring substituents is 1. The van der Waals surface area contributed by atoms with Gasteiger partial charge in [-0.05, 0) is 45.2 Å².